The van der Waals surface area contributed by atoms with E-state index in [1.165, 1.54) is 5.56 Å². The number of rotatable bonds is 6. The summed E-state index contributed by atoms with van der Waals surface area (Å²) in [7, 11) is 0. The van der Waals surface area contributed by atoms with Crippen molar-refractivity contribution in [2.75, 3.05) is 37.8 Å². The molecule has 0 aliphatic carbocycles. The minimum atomic E-state index is -0.167. The topological polar surface area (TPSA) is 59.4 Å². The molecule has 1 aliphatic heterocycles. The summed E-state index contributed by atoms with van der Waals surface area (Å²) in [4.78, 5) is 18.6. The Bertz CT molecular complexity index is 862. The molecule has 1 amide bonds. The van der Waals surface area contributed by atoms with Crippen LogP contribution in [0, 0.1) is 11.3 Å². The predicted octanol–water partition coefficient (Wildman–Crippen LogP) is 3.82. The number of thioether (sulfide) groups is 1. The minimum absolute atomic E-state index is 0.0482. The maximum Gasteiger partial charge on any atom is 0.241 e. The minimum Gasteiger partial charge on any atom is -0.324 e. The summed E-state index contributed by atoms with van der Waals surface area (Å²) in [6, 6.07) is 17.7. The number of para-hydroxylation sites is 1. The fraction of sp³-hybridized carbons (Fsp3) is 0.391. The maximum atomic E-state index is 12.8. The standard InChI is InChI=1S/C23H28N4OS/c1-18(23(28)25-21-6-3-4-7-22(21)29-2)27-13-5-12-26(14-15-27)17-20-10-8-19(16-24)9-11-20/h3-4,6-11,18H,5,12-15,17H2,1-2H3,(H,25,28). The van der Waals surface area contributed by atoms with Gasteiger partial charge in [0.05, 0.1) is 23.4 Å². The van der Waals surface area contributed by atoms with Crippen molar-refractivity contribution in [2.24, 2.45) is 0 Å². The van der Waals surface area contributed by atoms with Gasteiger partial charge in [0, 0.05) is 31.1 Å². The van der Waals surface area contributed by atoms with Crippen LogP contribution in [0.1, 0.15) is 24.5 Å². The summed E-state index contributed by atoms with van der Waals surface area (Å²) in [5, 5.41) is 12.0. The van der Waals surface area contributed by atoms with E-state index in [-0.39, 0.29) is 11.9 Å². The van der Waals surface area contributed by atoms with E-state index in [9.17, 15) is 4.79 Å². The quantitative estimate of drug-likeness (QED) is 0.737. The molecule has 6 heteroatoms. The van der Waals surface area contributed by atoms with Crippen LogP contribution in [0.5, 0.6) is 0 Å². The second-order valence-electron chi connectivity index (χ2n) is 7.34. The fourth-order valence-corrected chi connectivity index (χ4v) is 4.18. The second kappa shape index (κ2) is 10.4. The van der Waals surface area contributed by atoms with Gasteiger partial charge in [0.25, 0.3) is 0 Å². The molecule has 2 aromatic rings. The average Bonchev–Trinajstić information content (AvgIpc) is 2.99. The molecule has 1 N–H and O–H groups in total. The van der Waals surface area contributed by atoms with Gasteiger partial charge in [-0.1, -0.05) is 24.3 Å². The summed E-state index contributed by atoms with van der Waals surface area (Å²) in [5.41, 5.74) is 2.80. The van der Waals surface area contributed by atoms with Gasteiger partial charge in [0.15, 0.2) is 0 Å². The summed E-state index contributed by atoms with van der Waals surface area (Å²) < 4.78 is 0. The highest BCUT2D eigenvalue weighted by atomic mass is 32.2. The van der Waals surface area contributed by atoms with Gasteiger partial charge in [0.1, 0.15) is 0 Å². The first-order valence-corrected chi connectivity index (χ1v) is 11.2. The Morgan fingerprint density at radius 2 is 1.90 bits per heavy atom. The third kappa shape index (κ3) is 5.83. The highest BCUT2D eigenvalue weighted by Gasteiger charge is 2.24. The number of hydrogen-bond acceptors (Lipinski definition) is 5. The van der Waals surface area contributed by atoms with Crippen molar-refractivity contribution in [1.82, 2.24) is 9.80 Å². The third-order valence-corrected chi connectivity index (χ3v) is 6.20. The van der Waals surface area contributed by atoms with Gasteiger partial charge < -0.3 is 5.32 Å². The summed E-state index contributed by atoms with van der Waals surface area (Å²) in [6.45, 7) is 6.60. The molecule has 0 aromatic heterocycles. The maximum absolute atomic E-state index is 12.8. The molecule has 0 saturated carbocycles. The molecular formula is C23H28N4OS. The van der Waals surface area contributed by atoms with Crippen LogP contribution in [0.25, 0.3) is 0 Å². The molecule has 0 spiro atoms. The van der Waals surface area contributed by atoms with E-state index in [4.69, 9.17) is 5.26 Å². The molecule has 5 nitrogen and oxygen atoms in total. The van der Waals surface area contributed by atoms with Gasteiger partial charge in [-0.25, -0.2) is 0 Å². The molecule has 1 heterocycles. The predicted molar refractivity (Wildman–Crippen MR) is 119 cm³/mol. The smallest absolute Gasteiger partial charge is 0.241 e. The number of nitrogens with one attached hydrogen (secondary N) is 1. The average molecular weight is 409 g/mol. The van der Waals surface area contributed by atoms with Gasteiger partial charge in [-0.2, -0.15) is 5.26 Å². The first kappa shape index (κ1) is 21.4. The van der Waals surface area contributed by atoms with Crippen LogP contribution in [0.15, 0.2) is 53.4 Å². The number of nitrogens with zero attached hydrogens (tertiary/aromatic N) is 3. The lowest BCUT2D eigenvalue weighted by molar-refractivity contribution is -0.120. The van der Waals surface area contributed by atoms with Crippen molar-refractivity contribution < 1.29 is 4.79 Å². The van der Waals surface area contributed by atoms with Crippen LogP contribution in [0.2, 0.25) is 0 Å². The molecule has 1 unspecified atom stereocenters. The van der Waals surface area contributed by atoms with E-state index in [0.29, 0.717) is 5.56 Å². The number of amides is 1. The Morgan fingerprint density at radius 3 is 2.62 bits per heavy atom. The second-order valence-corrected chi connectivity index (χ2v) is 8.19. The zero-order valence-electron chi connectivity index (χ0n) is 17.1. The molecule has 0 bridgehead atoms. The highest BCUT2D eigenvalue weighted by Crippen LogP contribution is 2.25. The zero-order valence-corrected chi connectivity index (χ0v) is 17.9. The molecule has 2 aromatic carbocycles. The molecule has 152 valence electrons. The van der Waals surface area contributed by atoms with Crippen LogP contribution >= 0.6 is 11.8 Å². The summed E-state index contributed by atoms with van der Waals surface area (Å²) in [5.74, 6) is 0.0482. The summed E-state index contributed by atoms with van der Waals surface area (Å²) in [6.07, 6.45) is 3.06. The fourth-order valence-electron chi connectivity index (χ4n) is 3.63. The van der Waals surface area contributed by atoms with Crippen LogP contribution < -0.4 is 5.32 Å². The normalized spacial score (nSPS) is 16.6. The van der Waals surface area contributed by atoms with Crippen molar-refractivity contribution in [3.8, 4) is 6.07 Å². The van der Waals surface area contributed by atoms with Crippen molar-refractivity contribution >= 4 is 23.4 Å². The molecule has 1 fully saturated rings. The first-order valence-electron chi connectivity index (χ1n) is 10.00. The molecule has 1 saturated heterocycles. The number of carbonyl (C=O) groups is 1. The van der Waals surface area contributed by atoms with E-state index in [1.807, 2.05) is 61.7 Å². The number of nitriles is 1. The molecule has 0 radical (unpaired) electrons. The number of hydrogen-bond donors (Lipinski definition) is 1. The molecule has 1 aliphatic rings. The molecule has 3 rings (SSSR count). The van der Waals surface area contributed by atoms with Crippen molar-refractivity contribution in [3.05, 3.63) is 59.7 Å². The van der Waals surface area contributed by atoms with Gasteiger partial charge in [0.2, 0.25) is 5.91 Å². The van der Waals surface area contributed by atoms with E-state index in [0.717, 1.165) is 49.7 Å². The van der Waals surface area contributed by atoms with Crippen LogP contribution in [0.4, 0.5) is 5.69 Å². The van der Waals surface area contributed by atoms with Crippen LogP contribution in [0.3, 0.4) is 0 Å². The van der Waals surface area contributed by atoms with Gasteiger partial charge >= 0.3 is 0 Å². The summed E-state index contributed by atoms with van der Waals surface area (Å²) >= 11 is 1.64. The van der Waals surface area contributed by atoms with E-state index < -0.39 is 0 Å². The molecular weight excluding hydrogens is 380 g/mol. The van der Waals surface area contributed by atoms with E-state index in [1.54, 1.807) is 11.8 Å². The highest BCUT2D eigenvalue weighted by molar-refractivity contribution is 7.98. The lowest BCUT2D eigenvalue weighted by Crippen LogP contribution is -2.43. The molecule has 1 atom stereocenters. The van der Waals surface area contributed by atoms with Crippen LogP contribution in [-0.2, 0) is 11.3 Å². The Morgan fingerprint density at radius 1 is 1.14 bits per heavy atom. The molecule has 29 heavy (non-hydrogen) atoms. The first-order chi connectivity index (χ1) is 14.1. The van der Waals surface area contributed by atoms with Gasteiger partial charge in [-0.3, -0.25) is 14.6 Å². The Kier molecular flexibility index (Phi) is 7.70. The Labute approximate surface area is 177 Å². The van der Waals surface area contributed by atoms with Crippen LogP contribution in [-0.4, -0.2) is 54.2 Å². The number of anilines is 1. The van der Waals surface area contributed by atoms with E-state index >= 15 is 0 Å². The zero-order chi connectivity index (χ0) is 20.6. The largest absolute Gasteiger partial charge is 0.324 e. The lowest BCUT2D eigenvalue weighted by atomic mass is 10.1. The Balaban J connectivity index is 1.55. The van der Waals surface area contributed by atoms with Gasteiger partial charge in [-0.05, 0) is 56.0 Å². The SMILES string of the molecule is CSc1ccccc1NC(=O)C(C)N1CCCN(Cc2ccc(C#N)cc2)CC1. The number of carbonyl (C=O) groups excluding carboxylic acids is 1. The van der Waals surface area contributed by atoms with Crippen molar-refractivity contribution in [2.45, 2.75) is 30.8 Å². The van der Waals surface area contributed by atoms with Crippen molar-refractivity contribution in [3.63, 3.8) is 0 Å². The monoisotopic (exact) mass is 408 g/mol. The van der Waals surface area contributed by atoms with Gasteiger partial charge in [-0.15, -0.1) is 11.8 Å². The lowest BCUT2D eigenvalue weighted by Gasteiger charge is -2.27. The van der Waals surface area contributed by atoms with E-state index in [2.05, 4.69) is 21.2 Å². The number of benzene rings is 2. The third-order valence-electron chi connectivity index (χ3n) is 5.40. The Hall–Kier alpha value is -2.33. The van der Waals surface area contributed by atoms with Crippen molar-refractivity contribution in [1.29, 1.82) is 5.26 Å².